The molecule has 0 aliphatic carbocycles. The average molecular weight is 481 g/mol. The molecular weight excluding hydrogens is 441 g/mol. The van der Waals surface area contributed by atoms with Crippen LogP contribution in [0, 0.1) is 17.5 Å². The molecule has 0 bridgehead atoms. The van der Waals surface area contributed by atoms with Gasteiger partial charge in [-0.15, -0.1) is 0 Å². The highest BCUT2D eigenvalue weighted by atomic mass is 19.2. The van der Waals surface area contributed by atoms with Gasteiger partial charge in [0, 0.05) is 11.6 Å². The monoisotopic (exact) mass is 480 g/mol. The lowest BCUT2D eigenvalue weighted by Crippen LogP contribution is -2.45. The molecule has 0 saturated carbocycles. The Labute approximate surface area is 202 Å². The Kier molecular flexibility index (Phi) is 11.1. The van der Waals surface area contributed by atoms with E-state index in [4.69, 9.17) is 9.47 Å². The molecule has 0 saturated heterocycles. The lowest BCUT2D eigenvalue weighted by Gasteiger charge is -2.38. The highest BCUT2D eigenvalue weighted by Gasteiger charge is 2.42. The summed E-state index contributed by atoms with van der Waals surface area (Å²) in [6, 6.07) is 8.21. The van der Waals surface area contributed by atoms with Crippen molar-refractivity contribution in [3.05, 3.63) is 59.4 Å². The first-order valence-corrected chi connectivity index (χ1v) is 12.4. The van der Waals surface area contributed by atoms with Gasteiger partial charge in [-0.2, -0.15) is 0 Å². The zero-order chi connectivity index (χ0) is 25.3. The van der Waals surface area contributed by atoms with Crippen LogP contribution in [0.4, 0.5) is 13.2 Å². The SMILES string of the molecule is CCCCCCCCC(c1ccc(-c2cc(F)c(F)cc2F)cc1)C(O)(OC(C)C)OC(C)C. The molecule has 1 atom stereocenters. The molecular formula is C28H39F3O3. The van der Waals surface area contributed by atoms with Gasteiger partial charge in [0.05, 0.1) is 18.1 Å². The van der Waals surface area contributed by atoms with Crippen molar-refractivity contribution in [2.24, 2.45) is 0 Å². The summed E-state index contributed by atoms with van der Waals surface area (Å²) in [7, 11) is 0. The minimum atomic E-state index is -1.83. The van der Waals surface area contributed by atoms with Crippen LogP contribution in [-0.2, 0) is 9.47 Å². The van der Waals surface area contributed by atoms with Crippen molar-refractivity contribution in [1.29, 1.82) is 0 Å². The predicted molar refractivity (Wildman–Crippen MR) is 130 cm³/mol. The van der Waals surface area contributed by atoms with Crippen molar-refractivity contribution in [3.63, 3.8) is 0 Å². The summed E-state index contributed by atoms with van der Waals surface area (Å²) in [6.45, 7) is 9.53. The van der Waals surface area contributed by atoms with Crippen LogP contribution in [0.3, 0.4) is 0 Å². The first-order valence-electron chi connectivity index (χ1n) is 12.4. The first-order chi connectivity index (χ1) is 16.1. The van der Waals surface area contributed by atoms with E-state index in [0.717, 1.165) is 30.9 Å². The number of halogens is 3. The van der Waals surface area contributed by atoms with E-state index >= 15 is 0 Å². The lowest BCUT2D eigenvalue weighted by molar-refractivity contribution is -0.393. The Morgan fingerprint density at radius 3 is 1.85 bits per heavy atom. The average Bonchev–Trinajstić information content (AvgIpc) is 2.75. The molecule has 2 rings (SSSR count). The van der Waals surface area contributed by atoms with Crippen LogP contribution in [0.5, 0.6) is 0 Å². The van der Waals surface area contributed by atoms with Crippen molar-refractivity contribution < 1.29 is 27.8 Å². The Morgan fingerprint density at radius 2 is 1.29 bits per heavy atom. The third-order valence-electron chi connectivity index (χ3n) is 5.73. The van der Waals surface area contributed by atoms with Gasteiger partial charge < -0.3 is 14.6 Å². The Morgan fingerprint density at radius 1 is 0.765 bits per heavy atom. The topological polar surface area (TPSA) is 38.7 Å². The highest BCUT2D eigenvalue weighted by Crippen LogP contribution is 2.38. The highest BCUT2D eigenvalue weighted by molar-refractivity contribution is 5.64. The van der Waals surface area contributed by atoms with E-state index in [9.17, 15) is 18.3 Å². The van der Waals surface area contributed by atoms with Crippen LogP contribution in [-0.4, -0.2) is 23.3 Å². The Hall–Kier alpha value is -1.89. The van der Waals surface area contributed by atoms with Gasteiger partial charge in [-0.1, -0.05) is 69.7 Å². The molecule has 3 nitrogen and oxygen atoms in total. The standard InChI is InChI=1S/C28H39F3O3/c1-6-7-8-9-10-11-12-24(28(32,33-19(2)3)34-20(4)5)22-15-13-21(14-16-22)23-17-26(30)27(31)18-25(23)29/h13-20,24,32H,6-12H2,1-5H3. The molecule has 0 heterocycles. The molecule has 6 heteroatoms. The predicted octanol–water partition coefficient (Wildman–Crippen LogP) is 8.10. The second-order valence-electron chi connectivity index (χ2n) is 9.44. The van der Waals surface area contributed by atoms with Crippen molar-refractivity contribution in [2.45, 2.75) is 104 Å². The lowest BCUT2D eigenvalue weighted by atomic mass is 9.89. The fourth-order valence-corrected chi connectivity index (χ4v) is 4.19. The van der Waals surface area contributed by atoms with E-state index in [1.165, 1.54) is 19.3 Å². The van der Waals surface area contributed by atoms with Crippen LogP contribution < -0.4 is 0 Å². The zero-order valence-electron chi connectivity index (χ0n) is 21.0. The molecule has 0 aromatic heterocycles. The molecule has 0 spiro atoms. The van der Waals surface area contributed by atoms with Crippen molar-refractivity contribution in [2.75, 3.05) is 0 Å². The third kappa shape index (κ3) is 8.10. The third-order valence-corrected chi connectivity index (χ3v) is 5.73. The summed E-state index contributed by atoms with van der Waals surface area (Å²) < 4.78 is 53.1. The Bertz CT molecular complexity index is 871. The molecule has 2 aromatic carbocycles. The summed E-state index contributed by atoms with van der Waals surface area (Å²) in [4.78, 5) is 0. The van der Waals surface area contributed by atoms with E-state index in [1.54, 1.807) is 24.3 Å². The Balaban J connectivity index is 2.34. The van der Waals surface area contributed by atoms with E-state index in [0.29, 0.717) is 18.1 Å². The fourth-order valence-electron chi connectivity index (χ4n) is 4.19. The maximum absolute atomic E-state index is 14.3. The summed E-state index contributed by atoms with van der Waals surface area (Å²) >= 11 is 0. The zero-order valence-corrected chi connectivity index (χ0v) is 21.0. The van der Waals surface area contributed by atoms with E-state index in [2.05, 4.69) is 6.92 Å². The van der Waals surface area contributed by atoms with Crippen LogP contribution in [0.1, 0.15) is 91.0 Å². The number of hydrogen-bond donors (Lipinski definition) is 1. The van der Waals surface area contributed by atoms with Gasteiger partial charge in [0.2, 0.25) is 0 Å². The van der Waals surface area contributed by atoms with Gasteiger partial charge in [-0.05, 0) is 51.3 Å². The maximum Gasteiger partial charge on any atom is 0.288 e. The first kappa shape index (κ1) is 28.3. The number of rotatable bonds is 14. The van der Waals surface area contributed by atoms with Gasteiger partial charge in [-0.3, -0.25) is 0 Å². The van der Waals surface area contributed by atoms with Crippen LogP contribution in [0.25, 0.3) is 11.1 Å². The summed E-state index contributed by atoms with van der Waals surface area (Å²) in [6.07, 6.45) is 6.72. The second-order valence-corrected chi connectivity index (χ2v) is 9.44. The molecule has 1 unspecified atom stereocenters. The van der Waals surface area contributed by atoms with Gasteiger partial charge in [0.25, 0.3) is 5.97 Å². The molecule has 0 amide bonds. The van der Waals surface area contributed by atoms with Gasteiger partial charge in [-0.25, -0.2) is 13.2 Å². The van der Waals surface area contributed by atoms with Crippen LogP contribution >= 0.6 is 0 Å². The van der Waals surface area contributed by atoms with Crippen molar-refractivity contribution in [3.8, 4) is 11.1 Å². The van der Waals surface area contributed by atoms with E-state index < -0.39 is 29.3 Å². The van der Waals surface area contributed by atoms with Crippen molar-refractivity contribution >= 4 is 0 Å². The largest absolute Gasteiger partial charge is 0.343 e. The summed E-state index contributed by atoms with van der Waals surface area (Å²) in [5.74, 6) is -5.48. The van der Waals surface area contributed by atoms with Crippen LogP contribution in [0.2, 0.25) is 0 Å². The number of unbranched alkanes of at least 4 members (excludes halogenated alkanes) is 5. The number of ether oxygens (including phenoxy) is 2. The summed E-state index contributed by atoms with van der Waals surface area (Å²) in [5.41, 5.74) is 1.16. The van der Waals surface area contributed by atoms with Gasteiger partial charge >= 0.3 is 0 Å². The van der Waals surface area contributed by atoms with Crippen molar-refractivity contribution in [1.82, 2.24) is 0 Å². The van der Waals surface area contributed by atoms with E-state index in [-0.39, 0.29) is 17.8 Å². The summed E-state index contributed by atoms with van der Waals surface area (Å²) in [5, 5.41) is 11.5. The molecule has 34 heavy (non-hydrogen) atoms. The number of aliphatic hydroxyl groups is 1. The molecule has 0 aliphatic rings. The molecule has 0 fully saturated rings. The molecule has 190 valence electrons. The maximum atomic E-state index is 14.3. The molecule has 1 N–H and O–H groups in total. The molecule has 2 aromatic rings. The number of benzene rings is 2. The second kappa shape index (κ2) is 13.3. The molecule has 0 aliphatic heterocycles. The number of hydrogen-bond acceptors (Lipinski definition) is 3. The molecule has 0 radical (unpaired) electrons. The quantitative estimate of drug-likeness (QED) is 0.169. The fraction of sp³-hybridized carbons (Fsp3) is 0.571. The van der Waals surface area contributed by atoms with Crippen LogP contribution in [0.15, 0.2) is 36.4 Å². The minimum absolute atomic E-state index is 0.0231. The van der Waals surface area contributed by atoms with Gasteiger partial charge in [0.15, 0.2) is 11.6 Å². The smallest absolute Gasteiger partial charge is 0.288 e. The van der Waals surface area contributed by atoms with Gasteiger partial charge in [0.1, 0.15) is 5.82 Å². The normalized spacial score (nSPS) is 13.1. The minimum Gasteiger partial charge on any atom is -0.343 e. The van der Waals surface area contributed by atoms with E-state index in [1.807, 2.05) is 27.7 Å².